The van der Waals surface area contributed by atoms with Crippen LogP contribution in [0, 0.1) is 0 Å². The largest absolute Gasteiger partial charge is 0.497 e. The number of amides is 1. The number of likely N-dealkylation sites (tertiary alicyclic amines) is 1. The lowest BCUT2D eigenvalue weighted by Gasteiger charge is -2.45. The lowest BCUT2D eigenvalue weighted by atomic mass is 9.79. The van der Waals surface area contributed by atoms with Crippen molar-refractivity contribution in [2.45, 2.75) is 44.1 Å². The Kier molecular flexibility index (Phi) is 5.81. The molecule has 1 saturated heterocycles. The van der Waals surface area contributed by atoms with E-state index in [4.69, 9.17) is 9.47 Å². The average Bonchev–Trinajstić information content (AvgIpc) is 2.68. The molecule has 0 aromatic heterocycles. The molecule has 6 nitrogen and oxygen atoms in total. The highest BCUT2D eigenvalue weighted by Gasteiger charge is 2.41. The zero-order valence-corrected chi connectivity index (χ0v) is 15.6. The zero-order chi connectivity index (χ0) is 18.6. The molecule has 3 rings (SSSR count). The summed E-state index contributed by atoms with van der Waals surface area (Å²) in [5.74, 6) is 0.714. The van der Waals surface area contributed by atoms with Crippen molar-refractivity contribution >= 4 is 11.9 Å². The van der Waals surface area contributed by atoms with Gasteiger partial charge in [0.25, 0.3) is 0 Å². The minimum Gasteiger partial charge on any atom is -0.497 e. The van der Waals surface area contributed by atoms with Gasteiger partial charge in [-0.2, -0.15) is 0 Å². The summed E-state index contributed by atoms with van der Waals surface area (Å²) in [4.78, 5) is 25.4. The topological polar surface area (TPSA) is 65.1 Å². The second-order valence-electron chi connectivity index (χ2n) is 6.93. The van der Waals surface area contributed by atoms with Crippen LogP contribution in [0.25, 0.3) is 0 Å². The molecule has 0 atom stereocenters. The smallest absolute Gasteiger partial charge is 0.305 e. The van der Waals surface area contributed by atoms with Crippen LogP contribution in [0.2, 0.25) is 0 Å². The molecule has 1 spiro atoms. The first-order valence-electron chi connectivity index (χ1n) is 9.24. The molecule has 1 aromatic rings. The van der Waals surface area contributed by atoms with Crippen molar-refractivity contribution in [2.75, 3.05) is 33.9 Å². The highest BCUT2D eigenvalue weighted by Crippen LogP contribution is 2.42. The van der Waals surface area contributed by atoms with Gasteiger partial charge in [-0.05, 0) is 48.9 Å². The number of fused-ring (bicyclic) bond motifs is 2. The standard InChI is InChI=1S/C20H27NO5/c1-24-16-6-7-17-15(14-16)8-13-26-20(17)9-11-21(12-10-20)18(22)4-3-5-19(23)25-2/h6-7,14H,3-5,8-13H2,1-2H3. The molecule has 26 heavy (non-hydrogen) atoms. The van der Waals surface area contributed by atoms with Crippen molar-refractivity contribution in [2.24, 2.45) is 0 Å². The van der Waals surface area contributed by atoms with Gasteiger partial charge in [0.05, 0.1) is 26.4 Å². The van der Waals surface area contributed by atoms with Crippen LogP contribution in [-0.2, 0) is 31.1 Å². The molecular formula is C20H27NO5. The maximum absolute atomic E-state index is 12.4. The van der Waals surface area contributed by atoms with E-state index in [0.717, 1.165) is 25.0 Å². The van der Waals surface area contributed by atoms with Crippen LogP contribution in [-0.4, -0.2) is 50.7 Å². The molecule has 6 heteroatoms. The second-order valence-corrected chi connectivity index (χ2v) is 6.93. The van der Waals surface area contributed by atoms with E-state index in [9.17, 15) is 9.59 Å². The number of piperidine rings is 1. The van der Waals surface area contributed by atoms with Crippen molar-refractivity contribution in [3.8, 4) is 5.75 Å². The Morgan fingerprint density at radius 2 is 1.96 bits per heavy atom. The van der Waals surface area contributed by atoms with Crippen LogP contribution < -0.4 is 4.74 Å². The highest BCUT2D eigenvalue weighted by atomic mass is 16.5. The van der Waals surface area contributed by atoms with E-state index >= 15 is 0 Å². The Hall–Kier alpha value is -2.08. The molecule has 0 aliphatic carbocycles. The summed E-state index contributed by atoms with van der Waals surface area (Å²) in [6.07, 6.45) is 3.70. The quantitative estimate of drug-likeness (QED) is 0.754. The van der Waals surface area contributed by atoms with Crippen molar-refractivity contribution in [1.29, 1.82) is 0 Å². The third-order valence-corrected chi connectivity index (χ3v) is 5.48. The van der Waals surface area contributed by atoms with E-state index in [-0.39, 0.29) is 17.5 Å². The first-order valence-corrected chi connectivity index (χ1v) is 9.24. The molecule has 0 saturated carbocycles. The molecule has 2 heterocycles. The van der Waals surface area contributed by atoms with Crippen LogP contribution in [0.3, 0.4) is 0 Å². The average molecular weight is 361 g/mol. The summed E-state index contributed by atoms with van der Waals surface area (Å²) >= 11 is 0. The predicted octanol–water partition coefficient (Wildman–Crippen LogP) is 2.43. The Labute approximate surface area is 154 Å². The van der Waals surface area contributed by atoms with Crippen LogP contribution >= 0.6 is 0 Å². The molecule has 142 valence electrons. The fraction of sp³-hybridized carbons (Fsp3) is 0.600. The highest BCUT2D eigenvalue weighted by molar-refractivity contribution is 5.77. The molecule has 0 unspecified atom stereocenters. The van der Waals surface area contributed by atoms with E-state index < -0.39 is 0 Å². The molecule has 0 radical (unpaired) electrons. The second kappa shape index (κ2) is 8.08. The zero-order valence-electron chi connectivity index (χ0n) is 15.6. The lowest BCUT2D eigenvalue weighted by molar-refractivity contribution is -0.142. The molecule has 2 aliphatic rings. The fourth-order valence-corrected chi connectivity index (χ4v) is 3.96. The number of hydrogen-bond donors (Lipinski definition) is 0. The molecule has 1 amide bonds. The van der Waals surface area contributed by atoms with Crippen LogP contribution in [0.5, 0.6) is 5.75 Å². The fourth-order valence-electron chi connectivity index (χ4n) is 3.96. The third kappa shape index (κ3) is 3.85. The normalized spacial score (nSPS) is 18.3. The van der Waals surface area contributed by atoms with E-state index in [0.29, 0.717) is 39.0 Å². The van der Waals surface area contributed by atoms with Gasteiger partial charge in [0.15, 0.2) is 0 Å². The number of benzene rings is 1. The first kappa shape index (κ1) is 18.7. The van der Waals surface area contributed by atoms with Crippen molar-refractivity contribution in [3.63, 3.8) is 0 Å². The van der Waals surface area contributed by atoms with Gasteiger partial charge in [0.1, 0.15) is 5.75 Å². The van der Waals surface area contributed by atoms with Gasteiger partial charge in [-0.1, -0.05) is 6.07 Å². The molecular weight excluding hydrogens is 334 g/mol. The van der Waals surface area contributed by atoms with Crippen LogP contribution in [0.15, 0.2) is 18.2 Å². The number of methoxy groups -OCH3 is 2. The monoisotopic (exact) mass is 361 g/mol. The third-order valence-electron chi connectivity index (χ3n) is 5.48. The molecule has 0 bridgehead atoms. The van der Waals surface area contributed by atoms with Gasteiger partial charge >= 0.3 is 5.97 Å². The van der Waals surface area contributed by atoms with Crippen molar-refractivity contribution in [1.82, 2.24) is 4.90 Å². The number of esters is 1. The summed E-state index contributed by atoms with van der Waals surface area (Å²) in [5, 5.41) is 0. The van der Waals surface area contributed by atoms with Gasteiger partial charge in [0, 0.05) is 25.9 Å². The summed E-state index contributed by atoms with van der Waals surface area (Å²) in [6.45, 7) is 2.07. The van der Waals surface area contributed by atoms with Gasteiger partial charge in [-0.15, -0.1) is 0 Å². The lowest BCUT2D eigenvalue weighted by Crippen LogP contribution is -2.48. The van der Waals surface area contributed by atoms with E-state index in [2.05, 4.69) is 16.9 Å². The number of hydrogen-bond acceptors (Lipinski definition) is 5. The minimum absolute atomic E-state index is 0.106. The Balaban J connectivity index is 1.60. The number of carbonyl (C=O) groups is 2. The Morgan fingerprint density at radius 3 is 2.65 bits per heavy atom. The van der Waals surface area contributed by atoms with Gasteiger partial charge in [0.2, 0.25) is 5.91 Å². The summed E-state index contributed by atoms with van der Waals surface area (Å²) < 4.78 is 16.2. The summed E-state index contributed by atoms with van der Waals surface area (Å²) in [5.41, 5.74) is 2.23. The van der Waals surface area contributed by atoms with Gasteiger partial charge < -0.3 is 19.1 Å². The van der Waals surface area contributed by atoms with E-state index in [1.807, 2.05) is 11.0 Å². The number of carbonyl (C=O) groups excluding carboxylic acids is 2. The van der Waals surface area contributed by atoms with Gasteiger partial charge in [-0.25, -0.2) is 0 Å². The first-order chi connectivity index (χ1) is 12.6. The number of ether oxygens (including phenoxy) is 3. The Morgan fingerprint density at radius 1 is 1.19 bits per heavy atom. The summed E-state index contributed by atoms with van der Waals surface area (Å²) in [7, 11) is 3.05. The van der Waals surface area contributed by atoms with Crippen molar-refractivity contribution in [3.05, 3.63) is 29.3 Å². The SMILES string of the molecule is COC(=O)CCCC(=O)N1CCC2(CC1)OCCc1cc(OC)ccc12. The van der Waals surface area contributed by atoms with Crippen LogP contribution in [0.4, 0.5) is 0 Å². The minimum atomic E-state index is -0.289. The number of nitrogens with zero attached hydrogens (tertiary/aromatic N) is 1. The van der Waals surface area contributed by atoms with E-state index in [1.54, 1.807) is 7.11 Å². The molecule has 1 aromatic carbocycles. The summed E-state index contributed by atoms with van der Waals surface area (Å²) in [6, 6.07) is 6.20. The van der Waals surface area contributed by atoms with Gasteiger partial charge in [-0.3, -0.25) is 9.59 Å². The maximum Gasteiger partial charge on any atom is 0.305 e. The van der Waals surface area contributed by atoms with E-state index in [1.165, 1.54) is 18.2 Å². The molecule has 1 fully saturated rings. The molecule has 0 N–H and O–H groups in total. The maximum atomic E-state index is 12.4. The number of rotatable bonds is 5. The molecule has 2 aliphatic heterocycles. The van der Waals surface area contributed by atoms with Crippen LogP contribution in [0.1, 0.15) is 43.2 Å². The van der Waals surface area contributed by atoms with Crippen molar-refractivity contribution < 1.29 is 23.8 Å². The predicted molar refractivity (Wildman–Crippen MR) is 96.0 cm³/mol. The Bertz CT molecular complexity index is 664.